The molecule has 2 aromatic carbocycles. The zero-order valence-electron chi connectivity index (χ0n) is 24.5. The molecular weight excluding hydrogens is 606 g/mol. The van der Waals surface area contributed by atoms with E-state index in [0.717, 1.165) is 17.3 Å². The van der Waals surface area contributed by atoms with Crippen LogP contribution in [0.5, 0.6) is 5.75 Å². The molecule has 1 spiro atoms. The molecule has 11 nitrogen and oxygen atoms in total. The van der Waals surface area contributed by atoms with Crippen molar-refractivity contribution in [2.45, 2.75) is 70.8 Å². The largest absolute Gasteiger partial charge is 0.491 e. The van der Waals surface area contributed by atoms with Gasteiger partial charge in [-0.3, -0.25) is 4.98 Å². The van der Waals surface area contributed by atoms with Gasteiger partial charge in [-0.25, -0.2) is 16.8 Å². The lowest BCUT2D eigenvalue weighted by atomic mass is 9.85. The van der Waals surface area contributed by atoms with Crippen molar-refractivity contribution in [3.63, 3.8) is 0 Å². The molecule has 1 saturated carbocycles. The van der Waals surface area contributed by atoms with Crippen molar-refractivity contribution < 1.29 is 36.5 Å². The van der Waals surface area contributed by atoms with Gasteiger partial charge >= 0.3 is 0 Å². The summed E-state index contributed by atoms with van der Waals surface area (Å²) >= 11 is 0. The maximum atomic E-state index is 13.3. The van der Waals surface area contributed by atoms with E-state index in [4.69, 9.17) is 9.47 Å². The van der Waals surface area contributed by atoms with E-state index < -0.39 is 42.9 Å². The second-order valence-electron chi connectivity index (χ2n) is 12.2. The molecule has 2 aliphatic heterocycles. The molecule has 2 saturated heterocycles. The van der Waals surface area contributed by atoms with Crippen molar-refractivity contribution in [2.75, 3.05) is 39.5 Å². The van der Waals surface area contributed by atoms with Gasteiger partial charge in [0, 0.05) is 37.3 Å². The number of nitrogens with zero attached hydrogens (tertiary/aromatic N) is 2. The summed E-state index contributed by atoms with van der Waals surface area (Å²) in [5.41, 5.74) is 0.338. The minimum atomic E-state index is -3.70. The predicted molar refractivity (Wildman–Crippen MR) is 164 cm³/mol. The fourth-order valence-electron chi connectivity index (χ4n) is 6.42. The molecule has 3 fully saturated rings. The Morgan fingerprint density at radius 2 is 1.80 bits per heavy atom. The number of fused-ring (bicyclic) bond motifs is 1. The summed E-state index contributed by atoms with van der Waals surface area (Å²) in [6, 6.07) is 15.3. The van der Waals surface area contributed by atoms with E-state index in [0.29, 0.717) is 57.6 Å². The highest BCUT2D eigenvalue weighted by molar-refractivity contribution is 7.93. The number of benzene rings is 2. The first kappa shape index (κ1) is 31.3. The maximum Gasteiger partial charge on any atom is 0.244 e. The van der Waals surface area contributed by atoms with Crippen LogP contribution in [0, 0.1) is 0 Å². The summed E-state index contributed by atoms with van der Waals surface area (Å²) < 4.78 is 65.1. The van der Waals surface area contributed by atoms with Crippen LogP contribution in [0.15, 0.2) is 70.6 Å². The monoisotopic (exact) mass is 645 g/mol. The number of rotatable bonds is 11. The van der Waals surface area contributed by atoms with Crippen molar-refractivity contribution in [2.24, 2.45) is 0 Å². The van der Waals surface area contributed by atoms with Crippen molar-refractivity contribution in [3.8, 4) is 5.75 Å². The SMILES string of the molecule is O=S(=O)(c1cnc2ccccc2c1)N1CCC2(CC1)C[C@@H](NC[C@H](O)COc1cccc(S(=O)(=O)C3(CO)CCC3)c1)CO2. The molecule has 6 rings (SSSR count). The molecular formula is C31H39N3O8S2. The number of nitrogens with one attached hydrogen (secondary N) is 1. The van der Waals surface area contributed by atoms with Crippen LogP contribution in [0.1, 0.15) is 38.5 Å². The summed E-state index contributed by atoms with van der Waals surface area (Å²) in [5.74, 6) is 0.335. The molecule has 3 heterocycles. The topological polar surface area (TPSA) is 155 Å². The number of sulfonamides is 1. The molecule has 0 unspecified atom stereocenters. The van der Waals surface area contributed by atoms with Crippen molar-refractivity contribution >= 4 is 30.8 Å². The summed E-state index contributed by atoms with van der Waals surface area (Å²) in [7, 11) is -7.38. The minimum Gasteiger partial charge on any atom is -0.491 e. The number of hydrogen-bond donors (Lipinski definition) is 3. The zero-order chi connectivity index (χ0) is 31.0. The van der Waals surface area contributed by atoms with E-state index >= 15 is 0 Å². The standard InChI is InChI=1S/C31H39N3O8S2/c35-22-31(9-4-10-31)43(37,38)27-7-3-6-26(16-27)41-21-25(36)18-32-24-17-30(42-20-24)11-13-34(14-12-30)44(39,40)28-15-23-5-1-2-8-29(23)33-19-28/h1-3,5-8,15-16,19,24-25,32,35-36H,4,9-14,17-18,20-22H2/t24-,25+/m1/s1. The highest BCUT2D eigenvalue weighted by Crippen LogP contribution is 2.43. The Balaban J connectivity index is 0.972. The molecule has 2 atom stereocenters. The smallest absolute Gasteiger partial charge is 0.244 e. The van der Waals surface area contributed by atoms with Crippen LogP contribution in [0.3, 0.4) is 0 Å². The van der Waals surface area contributed by atoms with Gasteiger partial charge < -0.3 is 25.0 Å². The van der Waals surface area contributed by atoms with E-state index in [2.05, 4.69) is 10.3 Å². The van der Waals surface area contributed by atoms with Crippen LogP contribution in [0.2, 0.25) is 0 Å². The fraction of sp³-hybridized carbons (Fsp3) is 0.516. The normalized spacial score (nSPS) is 22.5. The van der Waals surface area contributed by atoms with E-state index in [1.165, 1.54) is 22.6 Å². The minimum absolute atomic E-state index is 0.00288. The van der Waals surface area contributed by atoms with Gasteiger partial charge in [-0.05, 0) is 62.4 Å². The number of aromatic nitrogens is 1. The van der Waals surface area contributed by atoms with Crippen molar-refractivity contribution in [1.82, 2.24) is 14.6 Å². The van der Waals surface area contributed by atoms with Gasteiger partial charge in [0.1, 0.15) is 23.4 Å². The molecule has 13 heteroatoms. The van der Waals surface area contributed by atoms with Crippen LogP contribution in [0.25, 0.3) is 10.9 Å². The number of pyridine rings is 1. The number of ether oxygens (including phenoxy) is 2. The summed E-state index contributed by atoms with van der Waals surface area (Å²) in [6.07, 6.45) is 4.09. The summed E-state index contributed by atoms with van der Waals surface area (Å²) in [6.45, 7) is 0.986. The van der Waals surface area contributed by atoms with Gasteiger partial charge in [-0.1, -0.05) is 30.7 Å². The number of piperidine rings is 1. The van der Waals surface area contributed by atoms with Gasteiger partial charge in [-0.15, -0.1) is 0 Å². The molecule has 1 aliphatic carbocycles. The maximum absolute atomic E-state index is 13.3. The van der Waals surface area contributed by atoms with E-state index in [9.17, 15) is 27.0 Å². The number of aliphatic hydroxyl groups excluding tert-OH is 2. The molecule has 238 valence electrons. The summed E-state index contributed by atoms with van der Waals surface area (Å²) in [5, 5.41) is 24.4. The quantitative estimate of drug-likeness (QED) is 0.283. The van der Waals surface area contributed by atoms with Crippen LogP contribution in [-0.2, 0) is 24.6 Å². The van der Waals surface area contributed by atoms with Gasteiger partial charge in [0.2, 0.25) is 10.0 Å². The number of para-hydroxylation sites is 1. The van der Waals surface area contributed by atoms with E-state index in [1.54, 1.807) is 18.2 Å². The third-order valence-electron chi connectivity index (χ3n) is 9.37. The first-order valence-corrected chi connectivity index (χ1v) is 18.0. The second-order valence-corrected chi connectivity index (χ2v) is 16.5. The molecule has 0 bridgehead atoms. The molecule has 1 aromatic heterocycles. The zero-order valence-corrected chi connectivity index (χ0v) is 26.1. The lowest BCUT2D eigenvalue weighted by Crippen LogP contribution is -2.48. The van der Waals surface area contributed by atoms with Gasteiger partial charge in [0.25, 0.3) is 0 Å². The van der Waals surface area contributed by atoms with Gasteiger partial charge in [0.05, 0.1) is 34.0 Å². The highest BCUT2D eigenvalue weighted by Gasteiger charge is 2.49. The van der Waals surface area contributed by atoms with Crippen LogP contribution in [0.4, 0.5) is 0 Å². The molecule has 0 radical (unpaired) electrons. The third-order valence-corrected chi connectivity index (χ3v) is 13.8. The summed E-state index contributed by atoms with van der Waals surface area (Å²) in [4.78, 5) is 4.62. The van der Waals surface area contributed by atoms with Crippen LogP contribution in [-0.4, -0.2) is 98.3 Å². The number of hydrogen-bond acceptors (Lipinski definition) is 10. The first-order chi connectivity index (χ1) is 21.1. The van der Waals surface area contributed by atoms with Crippen molar-refractivity contribution in [1.29, 1.82) is 0 Å². The number of aliphatic hydroxyl groups is 2. The average molecular weight is 646 g/mol. The lowest BCUT2D eigenvalue weighted by Gasteiger charge is -2.39. The Morgan fingerprint density at radius 1 is 1.02 bits per heavy atom. The average Bonchev–Trinajstić information content (AvgIpc) is 3.40. The predicted octanol–water partition coefficient (Wildman–Crippen LogP) is 2.27. The Labute approximate surface area is 258 Å². The van der Waals surface area contributed by atoms with E-state index in [-0.39, 0.29) is 29.0 Å². The van der Waals surface area contributed by atoms with Gasteiger partial charge in [-0.2, -0.15) is 4.31 Å². The molecule has 3 aliphatic rings. The molecule has 3 N–H and O–H groups in total. The van der Waals surface area contributed by atoms with Crippen LogP contribution >= 0.6 is 0 Å². The fourth-order valence-corrected chi connectivity index (χ4v) is 9.87. The molecule has 3 aromatic rings. The highest BCUT2D eigenvalue weighted by atomic mass is 32.2. The Kier molecular flexibility index (Phi) is 8.74. The third kappa shape index (κ3) is 5.98. The van der Waals surface area contributed by atoms with Crippen molar-refractivity contribution in [3.05, 3.63) is 60.8 Å². The molecule has 0 amide bonds. The van der Waals surface area contributed by atoms with Gasteiger partial charge in [0.15, 0.2) is 9.84 Å². The van der Waals surface area contributed by atoms with E-state index in [1.807, 2.05) is 24.3 Å². The lowest BCUT2D eigenvalue weighted by molar-refractivity contribution is -0.0312. The van der Waals surface area contributed by atoms with Crippen LogP contribution < -0.4 is 10.1 Å². The number of sulfone groups is 1. The first-order valence-electron chi connectivity index (χ1n) is 15.0. The Bertz CT molecular complexity index is 1700. The Morgan fingerprint density at radius 3 is 2.52 bits per heavy atom. The molecule has 44 heavy (non-hydrogen) atoms. The Hall–Kier alpha value is -2.65. The second kappa shape index (κ2) is 12.3.